The molecule has 1 unspecified atom stereocenters. The molecule has 3 fully saturated rings. The summed E-state index contributed by atoms with van der Waals surface area (Å²) in [5.74, 6) is 0.351. The van der Waals surface area contributed by atoms with Crippen LogP contribution in [0.4, 0.5) is 19.9 Å². The number of hydrogen-bond acceptors (Lipinski definition) is 6. The van der Waals surface area contributed by atoms with E-state index in [4.69, 9.17) is 0 Å². The number of fused-ring (bicyclic) bond motifs is 5. The summed E-state index contributed by atoms with van der Waals surface area (Å²) in [6.07, 6.45) is 4.23. The molecule has 55 heavy (non-hydrogen) atoms. The number of rotatable bonds is 12. The lowest BCUT2D eigenvalue weighted by atomic mass is 9.82. The molecule has 3 aliphatic heterocycles. The van der Waals surface area contributed by atoms with Gasteiger partial charge in [0.25, 0.3) is 0 Å². The van der Waals surface area contributed by atoms with Crippen molar-refractivity contribution in [2.75, 3.05) is 31.1 Å². The van der Waals surface area contributed by atoms with E-state index in [2.05, 4.69) is 80.6 Å². The van der Waals surface area contributed by atoms with Crippen molar-refractivity contribution in [3.8, 4) is 16.9 Å². The zero-order valence-electron chi connectivity index (χ0n) is 30.4. The number of aromatic amines is 1. The summed E-state index contributed by atoms with van der Waals surface area (Å²) >= 11 is 0. The molecule has 0 radical (unpaired) electrons. The van der Waals surface area contributed by atoms with E-state index in [9.17, 15) is 24.9 Å². The van der Waals surface area contributed by atoms with Crippen molar-refractivity contribution in [3.63, 3.8) is 0 Å². The minimum Gasteiger partial charge on any atom is -0.506 e. The third kappa shape index (κ3) is 8.12. The van der Waals surface area contributed by atoms with Crippen LogP contribution in [0.15, 0.2) is 108 Å². The van der Waals surface area contributed by atoms with Crippen molar-refractivity contribution in [2.45, 2.75) is 50.9 Å². The van der Waals surface area contributed by atoms with Gasteiger partial charge < -0.3 is 35.1 Å². The number of aryl methyl sites for hydroxylation is 2. The van der Waals surface area contributed by atoms with E-state index in [1.165, 1.54) is 12.1 Å². The predicted octanol–water partition coefficient (Wildman–Crippen LogP) is 7.20. The van der Waals surface area contributed by atoms with Crippen molar-refractivity contribution >= 4 is 33.6 Å². The summed E-state index contributed by atoms with van der Waals surface area (Å²) in [5.41, 5.74) is 6.78. The van der Waals surface area contributed by atoms with Gasteiger partial charge in [0.1, 0.15) is 5.75 Å². The number of halogens is 2. The topological polar surface area (TPSA) is 134 Å². The first-order valence-electron chi connectivity index (χ1n) is 18.6. The first-order valence-corrected chi connectivity index (χ1v) is 18.6. The minimum atomic E-state index is -0.882. The van der Waals surface area contributed by atoms with Crippen LogP contribution < -0.4 is 15.8 Å². The van der Waals surface area contributed by atoms with Gasteiger partial charge in [-0.3, -0.25) is 19.1 Å². The first kappa shape index (κ1) is 39.1. The smallest absolute Gasteiger partial charge is 0.412 e. The highest BCUT2D eigenvalue weighted by Gasteiger charge is 2.40. The van der Waals surface area contributed by atoms with Gasteiger partial charge in [0, 0.05) is 54.9 Å². The molecule has 3 aliphatic rings. The summed E-state index contributed by atoms with van der Waals surface area (Å²) in [5, 5.41) is 36.8. The third-order valence-corrected chi connectivity index (χ3v) is 11.2. The van der Waals surface area contributed by atoms with Crippen LogP contribution in [0, 0.1) is 5.92 Å². The largest absolute Gasteiger partial charge is 0.506 e. The van der Waals surface area contributed by atoms with Crippen LogP contribution in [0.3, 0.4) is 0 Å². The number of carboxylic acid groups (broad SMARTS) is 1. The van der Waals surface area contributed by atoms with Crippen molar-refractivity contribution in [3.05, 3.63) is 130 Å². The number of amides is 1. The summed E-state index contributed by atoms with van der Waals surface area (Å²) in [6, 6.07) is 31.1. The maximum atomic E-state index is 13.0. The fourth-order valence-corrected chi connectivity index (χ4v) is 8.46. The molecule has 0 saturated carbocycles. The Morgan fingerprint density at radius 3 is 2.45 bits per heavy atom. The number of phenols is 1. The molecule has 5 N–H and O–H groups in total. The molecule has 5 heterocycles. The number of phenolic OH excluding ortho intramolecular Hbond substituents is 1. The van der Waals surface area contributed by atoms with Gasteiger partial charge in [0.05, 0.1) is 23.3 Å². The minimum absolute atomic E-state index is 0. The number of anilines is 1. The molecule has 3 saturated heterocycles. The maximum absolute atomic E-state index is 13.0. The molecule has 4 aromatic carbocycles. The van der Waals surface area contributed by atoms with E-state index in [1.807, 2.05) is 18.2 Å². The van der Waals surface area contributed by atoms with Crippen LogP contribution in [0.5, 0.6) is 5.75 Å². The molecule has 2 aromatic heterocycles. The van der Waals surface area contributed by atoms with Crippen LogP contribution >= 0.6 is 0 Å². The van der Waals surface area contributed by atoms with Gasteiger partial charge in [-0.1, -0.05) is 54.6 Å². The molecule has 12 heteroatoms. The Balaban J connectivity index is 0.00000257. The summed E-state index contributed by atoms with van der Waals surface area (Å²) in [7, 11) is 0. The van der Waals surface area contributed by atoms with Crippen LogP contribution in [-0.4, -0.2) is 68.1 Å². The fourth-order valence-electron chi connectivity index (χ4n) is 8.46. The van der Waals surface area contributed by atoms with Crippen LogP contribution in [0.25, 0.3) is 32.9 Å². The lowest BCUT2D eigenvalue weighted by molar-refractivity contribution is 0.0837. The predicted molar refractivity (Wildman–Crippen MR) is 213 cm³/mol. The maximum Gasteiger partial charge on any atom is 0.412 e. The van der Waals surface area contributed by atoms with E-state index in [0.717, 1.165) is 90.7 Å². The van der Waals surface area contributed by atoms with Gasteiger partial charge in [0.15, 0.2) is 0 Å². The molecule has 1 amide bonds. The second kappa shape index (κ2) is 16.8. The molecule has 288 valence electrons. The Morgan fingerprint density at radius 1 is 0.927 bits per heavy atom. The molecular weight excluding hydrogens is 704 g/mol. The number of pyridine rings is 1. The summed E-state index contributed by atoms with van der Waals surface area (Å²) in [4.78, 5) is 31.5. The van der Waals surface area contributed by atoms with Gasteiger partial charge in [-0.15, -0.1) is 0 Å². The second-order valence-corrected chi connectivity index (χ2v) is 14.5. The van der Waals surface area contributed by atoms with Gasteiger partial charge in [0.2, 0.25) is 5.56 Å². The second-order valence-electron chi connectivity index (χ2n) is 14.5. The van der Waals surface area contributed by atoms with Crippen LogP contribution in [0.1, 0.15) is 42.1 Å². The number of aromatic nitrogens is 2. The van der Waals surface area contributed by atoms with Gasteiger partial charge in [-0.05, 0) is 109 Å². The quantitative estimate of drug-likeness (QED) is 0.0894. The van der Waals surface area contributed by atoms with E-state index >= 15 is 0 Å². The fraction of sp³-hybridized carbons (Fsp3) is 0.302. The number of nitrogens with zero attached hydrogens (tertiary/aromatic N) is 3. The molecule has 2 bridgehead atoms. The van der Waals surface area contributed by atoms with Gasteiger partial charge in [-0.2, -0.15) is 0 Å². The van der Waals surface area contributed by atoms with E-state index in [1.54, 1.807) is 17.0 Å². The number of aliphatic hydroxyl groups is 1. The number of H-pyrrole nitrogens is 1. The normalized spacial score (nSPS) is 18.1. The molecular formula is C43H47F2N5O5. The molecule has 6 aromatic rings. The van der Waals surface area contributed by atoms with Crippen molar-refractivity contribution < 1.29 is 29.5 Å². The zero-order valence-corrected chi connectivity index (χ0v) is 30.4. The number of piperidine rings is 3. The number of carbonyl (C=O) groups is 1. The van der Waals surface area contributed by atoms with E-state index in [0.29, 0.717) is 35.5 Å². The molecule has 0 aliphatic carbocycles. The van der Waals surface area contributed by atoms with E-state index in [-0.39, 0.29) is 26.8 Å². The van der Waals surface area contributed by atoms with Crippen LogP contribution in [-0.2, 0) is 19.5 Å². The summed E-state index contributed by atoms with van der Waals surface area (Å²) < 4.78 is 2.27. The molecule has 0 spiro atoms. The first-order chi connectivity index (χ1) is 25.8. The number of aromatic hydroxyl groups is 1. The monoisotopic (exact) mass is 751 g/mol. The number of aliphatic hydroxyl groups excluding tert-OH is 1. The van der Waals surface area contributed by atoms with Gasteiger partial charge >= 0.3 is 6.09 Å². The number of nitrogens with one attached hydrogen (secondary N) is 2. The van der Waals surface area contributed by atoms with E-state index < -0.39 is 12.2 Å². The van der Waals surface area contributed by atoms with Crippen molar-refractivity contribution in [1.29, 1.82) is 0 Å². The van der Waals surface area contributed by atoms with Crippen molar-refractivity contribution in [1.82, 2.24) is 19.8 Å². The highest BCUT2D eigenvalue weighted by Crippen LogP contribution is 2.39. The molecule has 2 atom stereocenters. The Bertz CT molecular complexity index is 2320. The SMILES string of the molecule is F.F.O=C(O)N(c1cc(CCCn2ccc3cc(CNC[C@H](O)c4ccc(O)c5[nH]c(=O)ccc45)ccc32)ccc1-c1ccccc1)C1CN2CCC1CC2. The Morgan fingerprint density at radius 2 is 1.71 bits per heavy atom. The summed E-state index contributed by atoms with van der Waals surface area (Å²) in [6.45, 7) is 4.60. The average molecular weight is 752 g/mol. The highest BCUT2D eigenvalue weighted by molar-refractivity contribution is 5.94. The Kier molecular flexibility index (Phi) is 12.0. The lowest BCUT2D eigenvalue weighted by Crippen LogP contribution is -2.59. The standard InChI is InChI=1S/C43H45N5O5.2FH/c49-39-14-11-34(35-12-15-41(51)45-42(35)39)40(50)26-44-25-29-9-13-36-32(23-29)18-22-47(36)19-4-5-28-8-10-33(30-6-2-1-3-7-30)37(24-28)48(43(52)53)38-27-46-20-16-31(38)17-21-46;;/h1-3,6-15,18,22-24,31,38,40,44,49-50H,4-5,16-17,19-21,25-27H2,(H,45,51)(H,52,53);2*1H/t38?,40-;;/m0../s1. The van der Waals surface area contributed by atoms with Gasteiger partial charge in [-0.25, -0.2) is 4.79 Å². The number of hydrogen-bond donors (Lipinski definition) is 5. The third-order valence-electron chi connectivity index (χ3n) is 11.2. The average Bonchev–Trinajstić information content (AvgIpc) is 3.58. The zero-order chi connectivity index (χ0) is 36.5. The molecule has 10 nitrogen and oxygen atoms in total. The van der Waals surface area contributed by atoms with Crippen molar-refractivity contribution in [2.24, 2.45) is 5.92 Å². The lowest BCUT2D eigenvalue weighted by Gasteiger charge is -2.48. The highest BCUT2D eigenvalue weighted by atomic mass is 19.0. The Labute approximate surface area is 317 Å². The van der Waals surface area contributed by atoms with Crippen LogP contribution in [0.2, 0.25) is 0 Å². The molecule has 9 rings (SSSR count). The Hall–Kier alpha value is -5.56. The number of benzene rings is 4.